The van der Waals surface area contributed by atoms with E-state index in [0.29, 0.717) is 24.3 Å². The molecule has 7 heteroatoms. The molecule has 1 aliphatic heterocycles. The molecule has 24 heavy (non-hydrogen) atoms. The van der Waals surface area contributed by atoms with E-state index in [9.17, 15) is 9.18 Å². The normalized spacial score (nSPS) is 14.8. The zero-order valence-electron chi connectivity index (χ0n) is 13.1. The average Bonchev–Trinajstić information content (AvgIpc) is 3.09. The number of benzene rings is 1. The van der Waals surface area contributed by atoms with Crippen molar-refractivity contribution >= 4 is 16.8 Å². The maximum Gasteiger partial charge on any atom is 0.290 e. The topological polar surface area (TPSA) is 80.2 Å². The summed E-state index contributed by atoms with van der Waals surface area (Å²) in [6.45, 7) is 3.28. The van der Waals surface area contributed by atoms with Crippen molar-refractivity contribution in [3.8, 4) is 0 Å². The predicted molar refractivity (Wildman–Crippen MR) is 84.2 cm³/mol. The summed E-state index contributed by atoms with van der Waals surface area (Å²) in [4.78, 5) is 15.1. The van der Waals surface area contributed by atoms with E-state index >= 15 is 0 Å². The van der Waals surface area contributed by atoms with Crippen molar-refractivity contribution in [2.45, 2.75) is 19.4 Å². The Hall–Kier alpha value is -2.67. The number of hydrogen-bond donors (Lipinski definition) is 2. The van der Waals surface area contributed by atoms with E-state index in [2.05, 4.69) is 15.5 Å². The number of fused-ring (bicyclic) bond motifs is 1. The van der Waals surface area contributed by atoms with E-state index in [1.807, 2.05) is 19.1 Å². The van der Waals surface area contributed by atoms with Crippen LogP contribution in [0.15, 0.2) is 28.8 Å². The standard InChI is InChI=1S/C17H16FN3O3/c1-9-2-11-3-10(4-13(18)16(11)20-9)6-19-17(22)15-5-14(21-24-15)12-7-23-8-12/h2-5,12,20H,6-8H2,1H3,(H,19,22). The lowest BCUT2D eigenvalue weighted by Gasteiger charge is -2.23. The van der Waals surface area contributed by atoms with Crippen molar-refractivity contribution in [2.24, 2.45) is 0 Å². The smallest absolute Gasteiger partial charge is 0.290 e. The van der Waals surface area contributed by atoms with Gasteiger partial charge in [-0.25, -0.2) is 4.39 Å². The van der Waals surface area contributed by atoms with E-state index in [1.54, 1.807) is 6.07 Å². The fourth-order valence-electron chi connectivity index (χ4n) is 2.76. The molecule has 6 nitrogen and oxygen atoms in total. The first kappa shape index (κ1) is 14.9. The van der Waals surface area contributed by atoms with E-state index in [4.69, 9.17) is 9.26 Å². The van der Waals surface area contributed by atoms with E-state index in [-0.39, 0.29) is 29.9 Å². The van der Waals surface area contributed by atoms with E-state index in [1.165, 1.54) is 6.07 Å². The summed E-state index contributed by atoms with van der Waals surface area (Å²) in [5.74, 6) is -0.365. The fourth-order valence-corrected chi connectivity index (χ4v) is 2.76. The highest BCUT2D eigenvalue weighted by molar-refractivity contribution is 5.91. The first-order valence-corrected chi connectivity index (χ1v) is 7.70. The van der Waals surface area contributed by atoms with Crippen LogP contribution in [0.3, 0.4) is 0 Å². The second-order valence-corrected chi connectivity index (χ2v) is 6.03. The van der Waals surface area contributed by atoms with Crippen molar-refractivity contribution in [1.29, 1.82) is 0 Å². The second kappa shape index (κ2) is 5.76. The molecule has 0 radical (unpaired) electrons. The molecule has 4 rings (SSSR count). The largest absolute Gasteiger partial charge is 0.380 e. The van der Waals surface area contributed by atoms with Gasteiger partial charge in [0.2, 0.25) is 5.76 Å². The molecule has 0 aliphatic carbocycles. The minimum absolute atomic E-state index is 0.149. The number of hydrogen-bond acceptors (Lipinski definition) is 4. The molecular weight excluding hydrogens is 313 g/mol. The lowest BCUT2D eigenvalue weighted by molar-refractivity contribution is 0.00556. The number of halogens is 1. The van der Waals surface area contributed by atoms with Crippen molar-refractivity contribution in [3.05, 3.63) is 52.8 Å². The molecule has 1 amide bonds. The van der Waals surface area contributed by atoms with Crippen LogP contribution in [0.1, 0.15) is 33.4 Å². The minimum Gasteiger partial charge on any atom is -0.380 e. The van der Waals surface area contributed by atoms with Gasteiger partial charge in [0.1, 0.15) is 5.82 Å². The zero-order chi connectivity index (χ0) is 16.7. The van der Waals surface area contributed by atoms with Gasteiger partial charge >= 0.3 is 0 Å². The summed E-state index contributed by atoms with van der Waals surface area (Å²) in [5, 5.41) is 7.39. The van der Waals surface area contributed by atoms with Crippen LogP contribution < -0.4 is 5.32 Å². The molecule has 1 saturated heterocycles. The van der Waals surface area contributed by atoms with E-state index < -0.39 is 0 Å². The number of carbonyl (C=O) groups is 1. The van der Waals surface area contributed by atoms with Gasteiger partial charge < -0.3 is 19.6 Å². The Morgan fingerprint density at radius 1 is 1.38 bits per heavy atom. The van der Waals surface area contributed by atoms with Crippen LogP contribution in [0.2, 0.25) is 0 Å². The highest BCUT2D eigenvalue weighted by Gasteiger charge is 2.25. The molecule has 0 atom stereocenters. The first-order chi connectivity index (χ1) is 11.6. The molecule has 0 saturated carbocycles. The summed E-state index contributed by atoms with van der Waals surface area (Å²) >= 11 is 0. The van der Waals surface area contributed by atoms with Crippen molar-refractivity contribution in [3.63, 3.8) is 0 Å². The van der Waals surface area contributed by atoms with Crippen LogP contribution in [0, 0.1) is 12.7 Å². The second-order valence-electron chi connectivity index (χ2n) is 6.03. The van der Waals surface area contributed by atoms with Crippen molar-refractivity contribution < 1.29 is 18.4 Å². The number of ether oxygens (including phenoxy) is 1. The van der Waals surface area contributed by atoms with Crippen LogP contribution in [0.25, 0.3) is 10.9 Å². The Kier molecular flexibility index (Phi) is 3.57. The Morgan fingerprint density at radius 3 is 2.96 bits per heavy atom. The third kappa shape index (κ3) is 2.67. The lowest BCUT2D eigenvalue weighted by Crippen LogP contribution is -2.25. The molecule has 3 aromatic rings. The van der Waals surface area contributed by atoms with Crippen LogP contribution in [-0.2, 0) is 11.3 Å². The number of nitrogens with zero attached hydrogens (tertiary/aromatic N) is 1. The first-order valence-electron chi connectivity index (χ1n) is 7.70. The van der Waals surface area contributed by atoms with Crippen LogP contribution in [0.4, 0.5) is 4.39 Å². The Balaban J connectivity index is 1.46. The Labute approximate surface area is 137 Å². The number of carbonyl (C=O) groups excluding carboxylic acids is 1. The Morgan fingerprint density at radius 2 is 2.21 bits per heavy atom. The van der Waals surface area contributed by atoms with Gasteiger partial charge in [-0.15, -0.1) is 0 Å². The van der Waals surface area contributed by atoms with Gasteiger partial charge in [0, 0.05) is 23.7 Å². The lowest BCUT2D eigenvalue weighted by atomic mass is 10.0. The molecule has 124 valence electrons. The number of nitrogens with one attached hydrogen (secondary N) is 2. The average molecular weight is 329 g/mol. The molecule has 0 spiro atoms. The Bertz CT molecular complexity index is 911. The maximum atomic E-state index is 14.1. The van der Waals surface area contributed by atoms with Gasteiger partial charge in [-0.2, -0.15) is 0 Å². The molecule has 1 fully saturated rings. The van der Waals surface area contributed by atoms with Gasteiger partial charge in [-0.05, 0) is 30.7 Å². The third-order valence-corrected chi connectivity index (χ3v) is 4.14. The molecule has 2 N–H and O–H groups in total. The molecule has 2 aromatic heterocycles. The van der Waals surface area contributed by atoms with Crippen molar-refractivity contribution in [2.75, 3.05) is 13.2 Å². The van der Waals surface area contributed by atoms with Gasteiger partial charge in [0.05, 0.1) is 30.3 Å². The third-order valence-electron chi connectivity index (χ3n) is 4.14. The minimum atomic E-state index is -0.375. The van der Waals surface area contributed by atoms with Gasteiger partial charge in [-0.3, -0.25) is 4.79 Å². The summed E-state index contributed by atoms with van der Waals surface area (Å²) in [6.07, 6.45) is 0. The summed E-state index contributed by atoms with van der Waals surface area (Å²) < 4.78 is 24.2. The molecule has 3 heterocycles. The van der Waals surface area contributed by atoms with Gasteiger partial charge in [-0.1, -0.05) is 5.16 Å². The zero-order valence-corrected chi connectivity index (χ0v) is 13.1. The van der Waals surface area contributed by atoms with E-state index in [0.717, 1.165) is 16.8 Å². The van der Waals surface area contributed by atoms with Crippen LogP contribution in [-0.4, -0.2) is 29.3 Å². The number of rotatable bonds is 4. The maximum absolute atomic E-state index is 14.1. The quantitative estimate of drug-likeness (QED) is 0.771. The van der Waals surface area contributed by atoms with Crippen molar-refractivity contribution in [1.82, 2.24) is 15.5 Å². The molecule has 0 unspecified atom stereocenters. The van der Waals surface area contributed by atoms with Crippen LogP contribution in [0.5, 0.6) is 0 Å². The summed E-state index contributed by atoms with van der Waals surface area (Å²) in [5.41, 5.74) is 2.77. The monoisotopic (exact) mass is 329 g/mol. The SMILES string of the molecule is Cc1cc2cc(CNC(=O)c3cc(C4COC4)no3)cc(F)c2[nH]1. The van der Waals surface area contributed by atoms with Gasteiger partial charge in [0.15, 0.2) is 0 Å². The predicted octanol–water partition coefficient (Wildman–Crippen LogP) is 2.65. The van der Waals surface area contributed by atoms with Crippen LogP contribution >= 0.6 is 0 Å². The molecule has 0 bridgehead atoms. The highest BCUT2D eigenvalue weighted by atomic mass is 19.1. The van der Waals surface area contributed by atoms with Gasteiger partial charge in [0.25, 0.3) is 5.91 Å². The number of amides is 1. The molecular formula is C17H16FN3O3. The summed E-state index contributed by atoms with van der Waals surface area (Å²) in [7, 11) is 0. The molecule has 1 aliphatic rings. The number of aromatic amines is 1. The molecule has 1 aromatic carbocycles. The number of H-pyrrole nitrogens is 1. The summed E-state index contributed by atoms with van der Waals surface area (Å²) in [6, 6.07) is 6.75. The fraction of sp³-hybridized carbons (Fsp3) is 0.294. The highest BCUT2D eigenvalue weighted by Crippen LogP contribution is 2.23. The number of aryl methyl sites for hydroxylation is 1. The number of aromatic nitrogens is 2.